The van der Waals surface area contributed by atoms with Crippen LogP contribution in [0.4, 0.5) is 0 Å². The second kappa shape index (κ2) is 7.84. The highest BCUT2D eigenvalue weighted by atomic mass is 16.7. The third-order valence-electron chi connectivity index (χ3n) is 3.53. The molecule has 3 aromatic rings. The zero-order valence-electron chi connectivity index (χ0n) is 13.3. The Hall–Kier alpha value is -3.53. The smallest absolute Gasteiger partial charge is 0.312 e. The van der Waals surface area contributed by atoms with Gasteiger partial charge >= 0.3 is 5.97 Å². The minimum atomic E-state index is -0.616. The monoisotopic (exact) mass is 329 g/mol. The lowest BCUT2D eigenvalue weighted by Crippen LogP contribution is -2.17. The molecule has 0 aromatic heterocycles. The first-order chi connectivity index (χ1) is 12.3. The fourth-order valence-electron chi connectivity index (χ4n) is 2.26. The highest BCUT2D eigenvalue weighted by Gasteiger charge is 2.18. The summed E-state index contributed by atoms with van der Waals surface area (Å²) >= 11 is 0. The third-order valence-corrected chi connectivity index (χ3v) is 3.53. The molecule has 4 heteroatoms. The number of benzene rings is 3. The van der Waals surface area contributed by atoms with E-state index in [2.05, 4.69) is 5.16 Å². The van der Waals surface area contributed by atoms with Crippen LogP contribution < -0.4 is 0 Å². The van der Waals surface area contributed by atoms with Crippen molar-refractivity contribution in [3.05, 3.63) is 108 Å². The molecule has 0 aliphatic carbocycles. The van der Waals surface area contributed by atoms with E-state index in [1.165, 1.54) is 0 Å². The van der Waals surface area contributed by atoms with Crippen LogP contribution in [0.2, 0.25) is 0 Å². The summed E-state index contributed by atoms with van der Waals surface area (Å²) in [7, 11) is 0. The highest BCUT2D eigenvalue weighted by Crippen LogP contribution is 2.10. The van der Waals surface area contributed by atoms with Crippen molar-refractivity contribution in [2.24, 2.45) is 5.16 Å². The van der Waals surface area contributed by atoms with Gasteiger partial charge in [-0.3, -0.25) is 4.79 Å². The van der Waals surface area contributed by atoms with Crippen LogP contribution in [-0.2, 0) is 4.84 Å². The normalized spacial score (nSPS) is 11.0. The largest absolute Gasteiger partial charge is 0.365 e. The summed E-state index contributed by atoms with van der Waals surface area (Å²) < 4.78 is 0. The Morgan fingerprint density at radius 3 is 1.56 bits per heavy atom. The van der Waals surface area contributed by atoms with Crippen LogP contribution in [0.25, 0.3) is 0 Å². The first-order valence-electron chi connectivity index (χ1n) is 7.75. The fourth-order valence-corrected chi connectivity index (χ4v) is 2.26. The highest BCUT2D eigenvalue weighted by molar-refractivity contribution is 6.51. The number of nitrogens with zero attached hydrogens (tertiary/aromatic N) is 1. The van der Waals surface area contributed by atoms with Crippen LogP contribution >= 0.6 is 0 Å². The average molecular weight is 329 g/mol. The molecule has 0 atom stereocenters. The molecule has 0 saturated heterocycles. The lowest BCUT2D eigenvalue weighted by molar-refractivity contribution is 0.0516. The van der Waals surface area contributed by atoms with Crippen LogP contribution in [-0.4, -0.2) is 17.5 Å². The Morgan fingerprint density at radius 2 is 1.04 bits per heavy atom. The summed E-state index contributed by atoms with van der Waals surface area (Å²) in [5, 5.41) is 3.86. The molecule has 0 spiro atoms. The van der Waals surface area contributed by atoms with E-state index in [-0.39, 0.29) is 11.5 Å². The summed E-state index contributed by atoms with van der Waals surface area (Å²) in [5.41, 5.74) is 1.50. The van der Waals surface area contributed by atoms with Gasteiger partial charge in [-0.1, -0.05) is 84.0 Å². The molecule has 0 bridgehead atoms. The molecule has 0 N–H and O–H groups in total. The van der Waals surface area contributed by atoms with Crippen LogP contribution in [0.1, 0.15) is 26.3 Å². The molecule has 0 aliphatic heterocycles. The van der Waals surface area contributed by atoms with E-state index in [0.717, 1.165) is 0 Å². The molecule has 0 amide bonds. The van der Waals surface area contributed by atoms with Crippen LogP contribution in [0, 0.1) is 0 Å². The van der Waals surface area contributed by atoms with Crippen LogP contribution in [0.15, 0.2) is 96.2 Å². The van der Waals surface area contributed by atoms with Crippen molar-refractivity contribution in [1.29, 1.82) is 0 Å². The van der Waals surface area contributed by atoms with Gasteiger partial charge in [-0.2, -0.15) is 0 Å². The summed E-state index contributed by atoms with van der Waals surface area (Å²) in [6, 6.07) is 26.2. The summed E-state index contributed by atoms with van der Waals surface area (Å²) in [5.74, 6) is -0.928. The standard InChI is InChI=1S/C21H15NO3/c23-20(17-12-6-2-7-13-17)19(16-10-4-1-5-11-16)22-25-21(24)18-14-8-3-9-15-18/h1-15H/b22-19-. The number of oxime groups is 1. The van der Waals surface area contributed by atoms with Crippen molar-refractivity contribution >= 4 is 17.5 Å². The van der Waals surface area contributed by atoms with Crippen molar-refractivity contribution < 1.29 is 14.4 Å². The Bertz CT molecular complexity index is 888. The topological polar surface area (TPSA) is 55.7 Å². The van der Waals surface area contributed by atoms with Gasteiger partial charge in [0.15, 0.2) is 5.71 Å². The van der Waals surface area contributed by atoms with Gasteiger partial charge in [0.05, 0.1) is 5.56 Å². The Kier molecular flexibility index (Phi) is 5.12. The van der Waals surface area contributed by atoms with E-state index in [1.807, 2.05) is 12.1 Å². The minimum Gasteiger partial charge on any atom is -0.312 e. The molecule has 3 rings (SSSR count). The van der Waals surface area contributed by atoms with E-state index in [9.17, 15) is 9.59 Å². The minimum absolute atomic E-state index is 0.0797. The molecule has 0 radical (unpaired) electrons. The molecular formula is C21H15NO3. The number of hydrogen-bond donors (Lipinski definition) is 0. The van der Waals surface area contributed by atoms with Crippen LogP contribution in [0.3, 0.4) is 0 Å². The SMILES string of the molecule is O=C(O/N=C(\C(=O)c1ccccc1)c1ccccc1)c1ccccc1. The van der Waals surface area contributed by atoms with Crippen molar-refractivity contribution in [2.45, 2.75) is 0 Å². The quantitative estimate of drug-likeness (QED) is 0.306. The summed E-state index contributed by atoms with van der Waals surface area (Å²) in [4.78, 5) is 29.9. The number of hydrogen-bond acceptors (Lipinski definition) is 4. The number of Topliss-reactive ketones (excluding diaryl/α,β-unsaturated/α-hetero) is 1. The second-order valence-electron chi connectivity index (χ2n) is 5.25. The Balaban J connectivity index is 1.92. The lowest BCUT2D eigenvalue weighted by atomic mass is 10.0. The van der Waals surface area contributed by atoms with E-state index in [4.69, 9.17) is 4.84 Å². The maximum atomic E-state index is 12.8. The van der Waals surface area contributed by atoms with Gasteiger partial charge in [0.25, 0.3) is 0 Å². The van der Waals surface area contributed by atoms with Gasteiger partial charge in [0.1, 0.15) is 0 Å². The average Bonchev–Trinajstić information content (AvgIpc) is 2.70. The lowest BCUT2D eigenvalue weighted by Gasteiger charge is -2.06. The van der Waals surface area contributed by atoms with Gasteiger partial charge < -0.3 is 4.84 Å². The molecule has 25 heavy (non-hydrogen) atoms. The first-order valence-corrected chi connectivity index (χ1v) is 7.75. The zero-order chi connectivity index (χ0) is 17.5. The molecule has 0 saturated carbocycles. The molecule has 0 unspecified atom stereocenters. The van der Waals surface area contributed by atoms with Gasteiger partial charge in [-0.05, 0) is 12.1 Å². The first kappa shape index (κ1) is 16.3. The number of carbonyl (C=O) groups excluding carboxylic acids is 2. The maximum absolute atomic E-state index is 12.8. The predicted octanol–water partition coefficient (Wildman–Crippen LogP) is 4.13. The van der Waals surface area contributed by atoms with Crippen LogP contribution in [0.5, 0.6) is 0 Å². The number of rotatable bonds is 5. The molecule has 4 nitrogen and oxygen atoms in total. The predicted molar refractivity (Wildman–Crippen MR) is 95.6 cm³/mol. The number of ketones is 1. The zero-order valence-corrected chi connectivity index (χ0v) is 13.3. The van der Waals surface area contributed by atoms with Gasteiger partial charge in [-0.15, -0.1) is 0 Å². The maximum Gasteiger partial charge on any atom is 0.365 e. The molecule has 0 aliphatic rings. The van der Waals surface area contributed by atoms with Gasteiger partial charge in [-0.25, -0.2) is 4.79 Å². The van der Waals surface area contributed by atoms with E-state index in [1.54, 1.807) is 78.9 Å². The van der Waals surface area contributed by atoms with E-state index >= 15 is 0 Å². The molecule has 0 fully saturated rings. The Labute approximate surface area is 145 Å². The van der Waals surface area contributed by atoms with E-state index < -0.39 is 5.97 Å². The molecular weight excluding hydrogens is 314 g/mol. The summed E-state index contributed by atoms with van der Waals surface area (Å²) in [6.45, 7) is 0. The van der Waals surface area contributed by atoms with Gasteiger partial charge in [0.2, 0.25) is 5.78 Å². The third kappa shape index (κ3) is 4.06. The fraction of sp³-hybridized carbons (Fsp3) is 0. The van der Waals surface area contributed by atoms with Crippen molar-refractivity contribution in [2.75, 3.05) is 0 Å². The summed E-state index contributed by atoms with van der Waals surface area (Å²) in [6.07, 6.45) is 0. The molecule has 122 valence electrons. The number of carbonyl (C=O) groups is 2. The van der Waals surface area contributed by atoms with Crippen molar-refractivity contribution in [3.63, 3.8) is 0 Å². The second-order valence-corrected chi connectivity index (χ2v) is 5.25. The van der Waals surface area contributed by atoms with Crippen molar-refractivity contribution in [1.82, 2.24) is 0 Å². The molecule has 3 aromatic carbocycles. The molecule has 0 heterocycles. The van der Waals surface area contributed by atoms with Gasteiger partial charge in [0, 0.05) is 11.1 Å². The van der Waals surface area contributed by atoms with Crippen molar-refractivity contribution in [3.8, 4) is 0 Å². The van der Waals surface area contributed by atoms with E-state index in [0.29, 0.717) is 16.7 Å². The Morgan fingerprint density at radius 1 is 0.600 bits per heavy atom.